The van der Waals surface area contributed by atoms with Gasteiger partial charge in [0, 0.05) is 22.5 Å². The van der Waals surface area contributed by atoms with Crippen molar-refractivity contribution in [1.29, 1.82) is 5.26 Å². The number of halogens is 1. The fourth-order valence-electron chi connectivity index (χ4n) is 3.68. The minimum Gasteiger partial charge on any atom is -0.504 e. The van der Waals surface area contributed by atoms with Crippen LogP contribution in [0.3, 0.4) is 0 Å². The number of nitriles is 1. The SMILES string of the molecule is CCOc1cc([C@H]2CC(=O)N3CN(c4ccc(Br)cc4)CSC3=C2C#N)ccc1O. The molecule has 0 saturated carbocycles. The number of phenols is 1. The number of allylic oxidation sites excluding steroid dienone is 1. The second-order valence-corrected chi connectivity index (χ2v) is 8.85. The second kappa shape index (κ2) is 8.62. The van der Waals surface area contributed by atoms with E-state index in [1.807, 2.05) is 31.2 Å². The van der Waals surface area contributed by atoms with Crippen LogP contribution in [0.4, 0.5) is 5.69 Å². The highest BCUT2D eigenvalue weighted by Gasteiger charge is 2.38. The first-order chi connectivity index (χ1) is 14.5. The molecule has 1 amide bonds. The highest BCUT2D eigenvalue weighted by Crippen LogP contribution is 2.44. The van der Waals surface area contributed by atoms with Crippen molar-refractivity contribution in [3.63, 3.8) is 0 Å². The molecule has 2 aromatic rings. The number of aromatic hydroxyl groups is 1. The molecule has 2 aliphatic heterocycles. The molecular weight excluding hydrogens is 466 g/mol. The van der Waals surface area contributed by atoms with E-state index >= 15 is 0 Å². The van der Waals surface area contributed by atoms with E-state index in [4.69, 9.17) is 4.74 Å². The lowest BCUT2D eigenvalue weighted by Crippen LogP contribution is -2.47. The van der Waals surface area contributed by atoms with Crippen LogP contribution >= 0.6 is 27.7 Å². The number of carbonyl (C=O) groups excluding carboxylic acids is 1. The summed E-state index contributed by atoms with van der Waals surface area (Å²) in [5.74, 6) is 0.700. The lowest BCUT2D eigenvalue weighted by atomic mass is 9.86. The Labute approximate surface area is 187 Å². The molecule has 8 heteroatoms. The standard InChI is InChI=1S/C22H20BrN3O3S/c1-2-29-20-9-14(3-8-19(20)27)17-10-21(28)26-12-25(13-30-22(26)18(17)11-24)16-6-4-15(23)5-7-16/h3-9,17,27H,2,10,12-13H2,1H3/t17-/m1/s1. The summed E-state index contributed by atoms with van der Waals surface area (Å²) >= 11 is 4.95. The van der Waals surface area contributed by atoms with Crippen LogP contribution in [0.15, 0.2) is 57.5 Å². The second-order valence-electron chi connectivity index (χ2n) is 7.00. The van der Waals surface area contributed by atoms with Gasteiger partial charge < -0.3 is 14.7 Å². The molecule has 4 rings (SSSR count). The molecular formula is C22H20BrN3O3S. The maximum Gasteiger partial charge on any atom is 0.229 e. The van der Waals surface area contributed by atoms with Crippen molar-refractivity contribution in [1.82, 2.24) is 4.90 Å². The Morgan fingerprint density at radius 1 is 1.30 bits per heavy atom. The molecule has 1 N–H and O–H groups in total. The van der Waals surface area contributed by atoms with Gasteiger partial charge in [0.2, 0.25) is 5.91 Å². The minimum atomic E-state index is -0.347. The Bertz CT molecular complexity index is 1050. The molecule has 30 heavy (non-hydrogen) atoms. The van der Waals surface area contributed by atoms with E-state index < -0.39 is 0 Å². The number of amides is 1. The Morgan fingerprint density at radius 2 is 2.07 bits per heavy atom. The van der Waals surface area contributed by atoms with Crippen molar-refractivity contribution in [3.05, 3.63) is 63.1 Å². The Kier molecular flexibility index (Phi) is 5.93. The van der Waals surface area contributed by atoms with Gasteiger partial charge in [-0.2, -0.15) is 5.26 Å². The number of nitrogens with zero attached hydrogens (tertiary/aromatic N) is 3. The minimum absolute atomic E-state index is 0.0191. The van der Waals surface area contributed by atoms with Gasteiger partial charge in [-0.15, -0.1) is 0 Å². The number of rotatable bonds is 4. The van der Waals surface area contributed by atoms with Crippen LogP contribution in [0, 0.1) is 11.3 Å². The quantitative estimate of drug-likeness (QED) is 0.671. The van der Waals surface area contributed by atoms with E-state index in [9.17, 15) is 15.2 Å². The van der Waals surface area contributed by atoms with Gasteiger partial charge in [0.15, 0.2) is 11.5 Å². The van der Waals surface area contributed by atoms with Crippen LogP contribution in [0.2, 0.25) is 0 Å². The van der Waals surface area contributed by atoms with Gasteiger partial charge in [0.05, 0.1) is 35.8 Å². The third-order valence-electron chi connectivity index (χ3n) is 5.17. The van der Waals surface area contributed by atoms with E-state index in [0.717, 1.165) is 20.8 Å². The van der Waals surface area contributed by atoms with Crippen LogP contribution in [-0.4, -0.2) is 35.1 Å². The molecule has 2 heterocycles. The Balaban J connectivity index is 1.65. The summed E-state index contributed by atoms with van der Waals surface area (Å²) in [6.07, 6.45) is 0.206. The van der Waals surface area contributed by atoms with Crippen LogP contribution in [-0.2, 0) is 4.79 Å². The molecule has 154 valence electrons. The molecule has 0 spiro atoms. The smallest absolute Gasteiger partial charge is 0.229 e. The maximum absolute atomic E-state index is 13.0. The molecule has 1 atom stereocenters. The monoisotopic (exact) mass is 485 g/mol. The highest BCUT2D eigenvalue weighted by atomic mass is 79.9. The number of phenolic OH excluding ortho intramolecular Hbond substituents is 1. The van der Waals surface area contributed by atoms with E-state index in [-0.39, 0.29) is 24.0 Å². The fourth-order valence-corrected chi connectivity index (χ4v) is 5.11. The molecule has 6 nitrogen and oxygen atoms in total. The third-order valence-corrected chi connectivity index (χ3v) is 6.85. The first kappa shape index (κ1) is 20.6. The average molecular weight is 486 g/mol. The summed E-state index contributed by atoms with van der Waals surface area (Å²) in [7, 11) is 0. The number of hydrogen-bond donors (Lipinski definition) is 1. The zero-order chi connectivity index (χ0) is 21.3. The fraction of sp³-hybridized carbons (Fsp3) is 0.273. The van der Waals surface area contributed by atoms with Crippen molar-refractivity contribution in [2.24, 2.45) is 0 Å². The summed E-state index contributed by atoms with van der Waals surface area (Å²) in [5, 5.41) is 20.6. The van der Waals surface area contributed by atoms with E-state index in [1.54, 1.807) is 23.1 Å². The van der Waals surface area contributed by atoms with E-state index in [1.165, 1.54) is 11.8 Å². The molecule has 1 saturated heterocycles. The lowest BCUT2D eigenvalue weighted by Gasteiger charge is -2.42. The van der Waals surface area contributed by atoms with Gasteiger partial charge >= 0.3 is 0 Å². The summed E-state index contributed by atoms with van der Waals surface area (Å²) in [6.45, 7) is 2.68. The topological polar surface area (TPSA) is 76.8 Å². The van der Waals surface area contributed by atoms with Gasteiger partial charge in [-0.3, -0.25) is 9.69 Å². The van der Waals surface area contributed by atoms with Crippen LogP contribution in [0.5, 0.6) is 11.5 Å². The number of thioether (sulfide) groups is 1. The van der Waals surface area contributed by atoms with Gasteiger partial charge in [0.25, 0.3) is 0 Å². The molecule has 0 unspecified atom stereocenters. The van der Waals surface area contributed by atoms with E-state index in [2.05, 4.69) is 26.9 Å². The normalized spacial score (nSPS) is 18.8. The number of ether oxygens (including phenoxy) is 1. The van der Waals surface area contributed by atoms with Crippen molar-refractivity contribution in [2.75, 3.05) is 24.1 Å². The van der Waals surface area contributed by atoms with Gasteiger partial charge in [-0.1, -0.05) is 33.8 Å². The van der Waals surface area contributed by atoms with Crippen LogP contribution in [0.25, 0.3) is 0 Å². The zero-order valence-electron chi connectivity index (χ0n) is 16.3. The maximum atomic E-state index is 13.0. The van der Waals surface area contributed by atoms with Crippen molar-refractivity contribution >= 4 is 39.3 Å². The van der Waals surface area contributed by atoms with Crippen molar-refractivity contribution in [3.8, 4) is 17.6 Å². The molecule has 0 aromatic heterocycles. The molecule has 1 fully saturated rings. The number of carbonyl (C=O) groups is 1. The summed E-state index contributed by atoms with van der Waals surface area (Å²) < 4.78 is 6.48. The highest BCUT2D eigenvalue weighted by molar-refractivity contribution is 9.10. The number of hydrogen-bond acceptors (Lipinski definition) is 6. The summed E-state index contributed by atoms with van der Waals surface area (Å²) in [5.41, 5.74) is 2.41. The van der Waals surface area contributed by atoms with Crippen molar-refractivity contribution < 1.29 is 14.6 Å². The first-order valence-corrected chi connectivity index (χ1v) is 11.3. The van der Waals surface area contributed by atoms with Gasteiger partial charge in [-0.25, -0.2) is 0 Å². The molecule has 0 radical (unpaired) electrons. The average Bonchev–Trinajstić information content (AvgIpc) is 2.76. The molecule has 2 aromatic carbocycles. The van der Waals surface area contributed by atoms with Gasteiger partial charge in [-0.05, 0) is 48.9 Å². The summed E-state index contributed by atoms with van der Waals surface area (Å²) in [6, 6.07) is 15.3. The third kappa shape index (κ3) is 3.87. The molecule has 0 bridgehead atoms. The number of benzene rings is 2. The zero-order valence-corrected chi connectivity index (χ0v) is 18.7. The van der Waals surface area contributed by atoms with E-state index in [0.29, 0.717) is 30.5 Å². The molecule has 2 aliphatic rings. The van der Waals surface area contributed by atoms with Crippen LogP contribution < -0.4 is 9.64 Å². The predicted molar refractivity (Wildman–Crippen MR) is 120 cm³/mol. The Hall–Kier alpha value is -2.63. The van der Waals surface area contributed by atoms with Crippen LogP contribution in [0.1, 0.15) is 24.8 Å². The largest absolute Gasteiger partial charge is 0.504 e. The molecule has 0 aliphatic carbocycles. The number of fused-ring (bicyclic) bond motifs is 1. The van der Waals surface area contributed by atoms with Crippen molar-refractivity contribution in [2.45, 2.75) is 19.3 Å². The Morgan fingerprint density at radius 3 is 2.77 bits per heavy atom. The first-order valence-electron chi connectivity index (χ1n) is 9.55. The lowest BCUT2D eigenvalue weighted by molar-refractivity contribution is -0.129. The summed E-state index contributed by atoms with van der Waals surface area (Å²) in [4.78, 5) is 16.9. The number of anilines is 1. The van der Waals surface area contributed by atoms with Gasteiger partial charge in [0.1, 0.15) is 0 Å². The predicted octanol–water partition coefficient (Wildman–Crippen LogP) is 4.77.